The first-order valence-electron chi connectivity index (χ1n) is 11.7. The van der Waals surface area contributed by atoms with Gasteiger partial charge in [-0.2, -0.15) is 0 Å². The molecular weight excluding hydrogens is 433 g/mol. The highest BCUT2D eigenvalue weighted by Gasteiger charge is 2.40. The molecular formula is C30H16BNOS. The number of thiophene rings is 1. The van der Waals surface area contributed by atoms with Crippen LogP contribution in [0, 0.1) is 0 Å². The molecule has 0 spiro atoms. The fraction of sp³-hybridized carbons (Fsp3) is 0. The van der Waals surface area contributed by atoms with Gasteiger partial charge in [0.25, 0.3) is 6.71 Å². The highest BCUT2D eigenvalue weighted by atomic mass is 32.1. The first kappa shape index (κ1) is 17.5. The molecule has 0 amide bonds. The maximum absolute atomic E-state index is 6.46. The zero-order valence-electron chi connectivity index (χ0n) is 18.1. The molecule has 4 heterocycles. The molecule has 0 saturated carbocycles. The number of hydrogen-bond acceptors (Lipinski definition) is 2. The number of aromatic nitrogens is 1. The summed E-state index contributed by atoms with van der Waals surface area (Å²) in [4.78, 5) is 0. The van der Waals surface area contributed by atoms with Crippen molar-refractivity contribution in [3.63, 3.8) is 0 Å². The van der Waals surface area contributed by atoms with E-state index in [1.165, 1.54) is 64.1 Å². The van der Waals surface area contributed by atoms with Crippen molar-refractivity contribution in [3.05, 3.63) is 97.1 Å². The van der Waals surface area contributed by atoms with Gasteiger partial charge in [0.1, 0.15) is 11.5 Å². The van der Waals surface area contributed by atoms with Crippen LogP contribution in [-0.2, 0) is 0 Å². The zero-order valence-corrected chi connectivity index (χ0v) is 18.9. The molecule has 34 heavy (non-hydrogen) atoms. The van der Waals surface area contributed by atoms with Crippen molar-refractivity contribution in [1.29, 1.82) is 0 Å². The van der Waals surface area contributed by atoms with Gasteiger partial charge in [0.05, 0.1) is 11.0 Å². The summed E-state index contributed by atoms with van der Waals surface area (Å²) < 4.78 is 11.6. The van der Waals surface area contributed by atoms with Gasteiger partial charge in [-0.1, -0.05) is 54.6 Å². The Morgan fingerprint density at radius 3 is 2.41 bits per heavy atom. The molecule has 2 nitrogen and oxygen atoms in total. The van der Waals surface area contributed by atoms with Gasteiger partial charge in [0.2, 0.25) is 0 Å². The van der Waals surface area contributed by atoms with Gasteiger partial charge >= 0.3 is 0 Å². The highest BCUT2D eigenvalue weighted by molar-refractivity contribution is 7.25. The predicted octanol–water partition coefficient (Wildman–Crippen LogP) is 6.09. The Labute approximate surface area is 199 Å². The van der Waals surface area contributed by atoms with E-state index in [-0.39, 0.29) is 6.71 Å². The van der Waals surface area contributed by atoms with Crippen molar-refractivity contribution >= 4 is 76.4 Å². The summed E-state index contributed by atoms with van der Waals surface area (Å²) in [5, 5.41) is 5.29. The largest absolute Gasteiger partial charge is 0.458 e. The standard InChI is InChI=1S/C30H16BNOS/c1-6-12-27-17(7-1)20-15-19-18-13-14-26-29-30(18)32(24(19)16-28(20)34-27)23-10-4-2-8-21(23)31(29)22-9-3-5-11-25(22)33-26/h1-16H. The van der Waals surface area contributed by atoms with E-state index in [1.807, 2.05) is 11.3 Å². The lowest BCUT2D eigenvalue weighted by Gasteiger charge is -2.32. The molecule has 0 atom stereocenters. The maximum Gasteiger partial charge on any atom is 0.256 e. The average Bonchev–Trinajstić information content (AvgIpc) is 3.41. The third kappa shape index (κ3) is 1.96. The molecule has 2 aromatic heterocycles. The lowest BCUT2D eigenvalue weighted by molar-refractivity contribution is 0.488. The van der Waals surface area contributed by atoms with Gasteiger partial charge in [-0.25, -0.2) is 0 Å². The lowest BCUT2D eigenvalue weighted by Crippen LogP contribution is -2.58. The van der Waals surface area contributed by atoms with Gasteiger partial charge in [0.15, 0.2) is 0 Å². The number of para-hydroxylation sites is 2. The van der Waals surface area contributed by atoms with Crippen LogP contribution in [0.4, 0.5) is 0 Å². The summed E-state index contributed by atoms with van der Waals surface area (Å²) in [6.45, 7) is 0.179. The summed E-state index contributed by atoms with van der Waals surface area (Å²) in [5.74, 6) is 1.94. The van der Waals surface area contributed by atoms with Crippen LogP contribution in [0.1, 0.15) is 0 Å². The van der Waals surface area contributed by atoms with Crippen molar-refractivity contribution in [1.82, 2.24) is 4.57 Å². The van der Waals surface area contributed by atoms with Crippen LogP contribution in [0.2, 0.25) is 0 Å². The smallest absolute Gasteiger partial charge is 0.256 e. The van der Waals surface area contributed by atoms with Crippen LogP contribution in [0.5, 0.6) is 11.5 Å². The molecule has 2 aliphatic heterocycles. The van der Waals surface area contributed by atoms with Crippen LogP contribution in [0.15, 0.2) is 97.1 Å². The Kier molecular flexibility index (Phi) is 3.03. The molecule has 5 aromatic carbocycles. The molecule has 4 heteroatoms. The van der Waals surface area contributed by atoms with Crippen molar-refractivity contribution in [2.75, 3.05) is 0 Å². The first-order valence-corrected chi connectivity index (χ1v) is 12.5. The number of hydrogen-bond donors (Lipinski definition) is 0. The van der Waals surface area contributed by atoms with E-state index in [4.69, 9.17) is 4.74 Å². The van der Waals surface area contributed by atoms with E-state index < -0.39 is 0 Å². The molecule has 9 rings (SSSR count). The Balaban J connectivity index is 1.51. The normalized spacial score (nSPS) is 13.5. The topological polar surface area (TPSA) is 14.2 Å². The second kappa shape index (κ2) is 5.91. The van der Waals surface area contributed by atoms with Gasteiger partial charge in [-0.3, -0.25) is 0 Å². The van der Waals surface area contributed by atoms with Crippen LogP contribution in [0.3, 0.4) is 0 Å². The third-order valence-electron chi connectivity index (χ3n) is 7.65. The predicted molar refractivity (Wildman–Crippen MR) is 145 cm³/mol. The minimum atomic E-state index is 0.179. The van der Waals surface area contributed by atoms with Crippen LogP contribution in [0.25, 0.3) is 47.7 Å². The Morgan fingerprint density at radius 1 is 0.618 bits per heavy atom. The van der Waals surface area contributed by atoms with Crippen LogP contribution in [-0.4, -0.2) is 11.3 Å². The molecule has 0 unspecified atom stereocenters. The molecule has 2 aliphatic rings. The minimum absolute atomic E-state index is 0.179. The third-order valence-corrected chi connectivity index (χ3v) is 8.79. The van der Waals surface area contributed by atoms with Crippen molar-refractivity contribution in [2.24, 2.45) is 0 Å². The summed E-state index contributed by atoms with van der Waals surface area (Å²) in [7, 11) is 0. The maximum atomic E-state index is 6.46. The summed E-state index contributed by atoms with van der Waals surface area (Å²) in [6.07, 6.45) is 0. The van der Waals surface area contributed by atoms with E-state index in [1.54, 1.807) is 0 Å². The van der Waals surface area contributed by atoms with E-state index in [2.05, 4.69) is 102 Å². The molecule has 156 valence electrons. The number of ether oxygens (including phenoxy) is 1. The molecule has 0 fully saturated rings. The highest BCUT2D eigenvalue weighted by Crippen LogP contribution is 2.42. The zero-order chi connectivity index (χ0) is 22.0. The Morgan fingerprint density at radius 2 is 1.44 bits per heavy atom. The molecule has 7 aromatic rings. The Hall–Kier alpha value is -4.02. The van der Waals surface area contributed by atoms with Gasteiger partial charge < -0.3 is 9.30 Å². The lowest BCUT2D eigenvalue weighted by atomic mass is 9.34. The van der Waals surface area contributed by atoms with E-state index >= 15 is 0 Å². The van der Waals surface area contributed by atoms with E-state index in [0.717, 1.165) is 11.5 Å². The van der Waals surface area contributed by atoms with Crippen LogP contribution < -0.4 is 21.1 Å². The monoisotopic (exact) mass is 449 g/mol. The number of benzene rings is 5. The number of nitrogens with zero attached hydrogens (tertiary/aromatic N) is 1. The molecule has 0 bridgehead atoms. The van der Waals surface area contributed by atoms with Crippen molar-refractivity contribution < 1.29 is 4.74 Å². The summed E-state index contributed by atoms with van der Waals surface area (Å²) in [6, 6.07) is 35.4. The quantitative estimate of drug-likeness (QED) is 0.256. The van der Waals surface area contributed by atoms with Crippen molar-refractivity contribution in [2.45, 2.75) is 0 Å². The second-order valence-electron chi connectivity index (χ2n) is 9.30. The molecule has 0 aliphatic carbocycles. The summed E-state index contributed by atoms with van der Waals surface area (Å²) in [5.41, 5.74) is 7.71. The minimum Gasteiger partial charge on any atom is -0.458 e. The average molecular weight is 449 g/mol. The van der Waals surface area contributed by atoms with E-state index in [0.29, 0.717) is 0 Å². The van der Waals surface area contributed by atoms with Crippen LogP contribution >= 0.6 is 11.3 Å². The fourth-order valence-corrected chi connectivity index (χ4v) is 7.41. The Bertz CT molecular complexity index is 2010. The molecule has 0 radical (unpaired) electrons. The second-order valence-corrected chi connectivity index (χ2v) is 10.4. The fourth-order valence-electron chi connectivity index (χ4n) is 6.29. The van der Waals surface area contributed by atoms with Gasteiger partial charge in [-0.05, 0) is 58.9 Å². The van der Waals surface area contributed by atoms with Gasteiger partial charge in [-0.15, -0.1) is 11.3 Å². The molecule has 0 saturated heterocycles. The summed E-state index contributed by atoms with van der Waals surface area (Å²) >= 11 is 1.88. The number of fused-ring (bicyclic) bond motifs is 11. The van der Waals surface area contributed by atoms with Gasteiger partial charge in [0, 0.05) is 36.6 Å². The van der Waals surface area contributed by atoms with Crippen molar-refractivity contribution in [3.8, 4) is 17.2 Å². The number of rotatable bonds is 0. The molecule has 0 N–H and O–H groups in total. The SMILES string of the molecule is c1ccc2c(c1)Oc1ccc3c4cc5c(cc4n4c3c1B2c1ccccc1-4)sc1ccccc15. The first-order chi connectivity index (χ1) is 16.9. The van der Waals surface area contributed by atoms with E-state index in [9.17, 15) is 0 Å².